The van der Waals surface area contributed by atoms with Crippen molar-refractivity contribution in [1.29, 1.82) is 0 Å². The molecular weight excluding hydrogens is 396 g/mol. The summed E-state index contributed by atoms with van der Waals surface area (Å²) in [5.41, 5.74) is 1.99. The van der Waals surface area contributed by atoms with Gasteiger partial charge in [0.05, 0.1) is 24.3 Å². The molecule has 2 aliphatic carbocycles. The standard InChI is InChI=1S/C22H28N6O3/c1-22(2,3)31-21(29)28(15-5-6-15)16-9-17(10-16)30-20-19-7-8-23-27(19)13-18(25-20)14-11-24-26(4)12-14/h7-8,11-13,15-17H,5-6,9-10H2,1-4H3. The zero-order valence-corrected chi connectivity index (χ0v) is 18.4. The summed E-state index contributed by atoms with van der Waals surface area (Å²) < 4.78 is 15.4. The Hall–Kier alpha value is -3.10. The van der Waals surface area contributed by atoms with Crippen LogP contribution in [0.5, 0.6) is 5.88 Å². The molecule has 31 heavy (non-hydrogen) atoms. The minimum atomic E-state index is -0.492. The van der Waals surface area contributed by atoms with E-state index in [9.17, 15) is 4.79 Å². The SMILES string of the molecule is Cn1cc(-c2cn3nccc3c(OC3CC(N(C(=O)OC(C)(C)C)C4CC4)C3)n2)cn1. The van der Waals surface area contributed by atoms with Gasteiger partial charge < -0.3 is 14.4 Å². The fraction of sp³-hybridized carbons (Fsp3) is 0.545. The van der Waals surface area contributed by atoms with Crippen molar-refractivity contribution in [2.75, 3.05) is 0 Å². The molecule has 2 fully saturated rings. The third-order valence-electron chi connectivity index (χ3n) is 5.64. The van der Waals surface area contributed by atoms with E-state index in [1.165, 1.54) is 0 Å². The number of aryl methyl sites for hydroxylation is 1. The monoisotopic (exact) mass is 424 g/mol. The number of amides is 1. The Morgan fingerprint density at radius 2 is 1.94 bits per heavy atom. The lowest BCUT2D eigenvalue weighted by molar-refractivity contribution is -0.0207. The molecule has 2 saturated carbocycles. The molecule has 0 aliphatic heterocycles. The van der Waals surface area contributed by atoms with E-state index in [0.29, 0.717) is 11.9 Å². The first-order chi connectivity index (χ1) is 14.8. The highest BCUT2D eigenvalue weighted by Crippen LogP contribution is 2.38. The number of ether oxygens (including phenoxy) is 2. The first-order valence-corrected chi connectivity index (χ1v) is 10.8. The van der Waals surface area contributed by atoms with Crippen LogP contribution in [0.1, 0.15) is 46.5 Å². The van der Waals surface area contributed by atoms with Gasteiger partial charge in [0.2, 0.25) is 5.88 Å². The van der Waals surface area contributed by atoms with E-state index >= 15 is 0 Å². The van der Waals surface area contributed by atoms with E-state index in [0.717, 1.165) is 42.5 Å². The highest BCUT2D eigenvalue weighted by molar-refractivity contribution is 5.70. The Labute approximate surface area is 181 Å². The zero-order valence-electron chi connectivity index (χ0n) is 18.4. The minimum Gasteiger partial charge on any atom is -0.473 e. The number of rotatable bonds is 5. The van der Waals surface area contributed by atoms with E-state index in [1.807, 2.05) is 51.2 Å². The van der Waals surface area contributed by atoms with E-state index in [2.05, 4.69) is 10.2 Å². The molecule has 3 heterocycles. The average Bonchev–Trinajstić information content (AvgIpc) is 3.19. The molecule has 0 saturated heterocycles. The predicted octanol–water partition coefficient (Wildman–Crippen LogP) is 3.44. The second-order valence-electron chi connectivity index (χ2n) is 9.48. The van der Waals surface area contributed by atoms with Crippen LogP contribution in [-0.2, 0) is 11.8 Å². The molecule has 9 nitrogen and oxygen atoms in total. The Morgan fingerprint density at radius 1 is 1.16 bits per heavy atom. The topological polar surface area (TPSA) is 86.8 Å². The van der Waals surface area contributed by atoms with Gasteiger partial charge in [0.15, 0.2) is 0 Å². The maximum absolute atomic E-state index is 12.7. The van der Waals surface area contributed by atoms with Crippen LogP contribution in [0.2, 0.25) is 0 Å². The van der Waals surface area contributed by atoms with Crippen molar-refractivity contribution in [3.63, 3.8) is 0 Å². The van der Waals surface area contributed by atoms with Crippen LogP contribution in [0.25, 0.3) is 16.8 Å². The van der Waals surface area contributed by atoms with Gasteiger partial charge in [0.25, 0.3) is 0 Å². The number of fused-ring (bicyclic) bond motifs is 1. The van der Waals surface area contributed by atoms with Crippen molar-refractivity contribution in [3.05, 3.63) is 30.9 Å². The van der Waals surface area contributed by atoms with Gasteiger partial charge in [-0.25, -0.2) is 14.3 Å². The van der Waals surface area contributed by atoms with E-state index in [-0.39, 0.29) is 18.2 Å². The van der Waals surface area contributed by atoms with Gasteiger partial charge in [-0.3, -0.25) is 4.68 Å². The van der Waals surface area contributed by atoms with Crippen LogP contribution >= 0.6 is 0 Å². The first-order valence-electron chi connectivity index (χ1n) is 10.8. The van der Waals surface area contributed by atoms with E-state index in [4.69, 9.17) is 14.5 Å². The minimum absolute atomic E-state index is 0.00374. The Bertz CT molecular complexity index is 1100. The molecule has 0 N–H and O–H groups in total. The molecule has 5 rings (SSSR count). The zero-order chi connectivity index (χ0) is 21.8. The van der Waals surface area contributed by atoms with Gasteiger partial charge in [0, 0.05) is 43.7 Å². The number of carbonyl (C=O) groups is 1. The summed E-state index contributed by atoms with van der Waals surface area (Å²) in [6.45, 7) is 5.71. The Balaban J connectivity index is 1.30. The summed E-state index contributed by atoms with van der Waals surface area (Å²) in [5.74, 6) is 0.553. The van der Waals surface area contributed by atoms with Crippen molar-refractivity contribution in [1.82, 2.24) is 29.3 Å². The summed E-state index contributed by atoms with van der Waals surface area (Å²) in [7, 11) is 1.87. The van der Waals surface area contributed by atoms with Crippen LogP contribution in [0.15, 0.2) is 30.9 Å². The molecule has 0 bridgehead atoms. The summed E-state index contributed by atoms with van der Waals surface area (Å²) in [6, 6.07) is 2.34. The number of carbonyl (C=O) groups excluding carboxylic acids is 1. The molecule has 1 amide bonds. The molecular formula is C22H28N6O3. The van der Waals surface area contributed by atoms with Crippen LogP contribution in [0, 0.1) is 0 Å². The smallest absolute Gasteiger partial charge is 0.410 e. The first kappa shape index (κ1) is 19.8. The van der Waals surface area contributed by atoms with Crippen LogP contribution < -0.4 is 4.74 Å². The van der Waals surface area contributed by atoms with Crippen molar-refractivity contribution in [3.8, 4) is 17.1 Å². The van der Waals surface area contributed by atoms with Gasteiger partial charge in [-0.15, -0.1) is 0 Å². The number of hydrogen-bond acceptors (Lipinski definition) is 6. The molecule has 0 atom stereocenters. The van der Waals surface area contributed by atoms with E-state index in [1.54, 1.807) is 21.6 Å². The van der Waals surface area contributed by atoms with Crippen molar-refractivity contribution >= 4 is 11.6 Å². The molecule has 9 heteroatoms. The average molecular weight is 425 g/mol. The third kappa shape index (κ3) is 4.08. The molecule has 2 aliphatic rings. The number of hydrogen-bond donors (Lipinski definition) is 0. The van der Waals surface area contributed by atoms with Gasteiger partial charge in [-0.05, 0) is 39.7 Å². The van der Waals surface area contributed by atoms with Gasteiger partial charge in [0.1, 0.15) is 17.2 Å². The highest BCUT2D eigenvalue weighted by atomic mass is 16.6. The fourth-order valence-corrected chi connectivity index (χ4v) is 3.96. The lowest BCUT2D eigenvalue weighted by atomic mass is 9.87. The number of aromatic nitrogens is 5. The summed E-state index contributed by atoms with van der Waals surface area (Å²) in [4.78, 5) is 19.4. The second-order valence-corrected chi connectivity index (χ2v) is 9.48. The van der Waals surface area contributed by atoms with Crippen molar-refractivity contribution in [2.24, 2.45) is 7.05 Å². The Kier molecular flexibility index (Phi) is 4.64. The molecule has 0 aromatic carbocycles. The molecule has 3 aromatic rings. The van der Waals surface area contributed by atoms with Gasteiger partial charge in [-0.2, -0.15) is 10.2 Å². The molecule has 0 spiro atoms. The number of nitrogens with zero attached hydrogens (tertiary/aromatic N) is 6. The van der Waals surface area contributed by atoms with Crippen LogP contribution in [0.4, 0.5) is 4.79 Å². The quantitative estimate of drug-likeness (QED) is 0.624. The summed E-state index contributed by atoms with van der Waals surface area (Å²) in [6.07, 6.45) is 10.7. The summed E-state index contributed by atoms with van der Waals surface area (Å²) in [5, 5.41) is 8.58. The molecule has 0 unspecified atom stereocenters. The van der Waals surface area contributed by atoms with Gasteiger partial charge >= 0.3 is 6.09 Å². The third-order valence-corrected chi connectivity index (χ3v) is 5.64. The second kappa shape index (κ2) is 7.25. The highest BCUT2D eigenvalue weighted by Gasteiger charge is 2.45. The molecule has 3 aromatic heterocycles. The van der Waals surface area contributed by atoms with Crippen LogP contribution in [0.3, 0.4) is 0 Å². The molecule has 0 radical (unpaired) electrons. The lowest BCUT2D eigenvalue weighted by Gasteiger charge is -2.42. The normalized spacial score (nSPS) is 21.0. The summed E-state index contributed by atoms with van der Waals surface area (Å²) >= 11 is 0. The molecule has 164 valence electrons. The van der Waals surface area contributed by atoms with Crippen molar-refractivity contribution < 1.29 is 14.3 Å². The fourth-order valence-electron chi connectivity index (χ4n) is 3.96. The van der Waals surface area contributed by atoms with Gasteiger partial charge in [-0.1, -0.05) is 0 Å². The van der Waals surface area contributed by atoms with Crippen LogP contribution in [-0.4, -0.2) is 59.2 Å². The predicted molar refractivity (Wildman–Crippen MR) is 114 cm³/mol. The maximum atomic E-state index is 12.7. The van der Waals surface area contributed by atoms with E-state index < -0.39 is 5.60 Å². The Morgan fingerprint density at radius 3 is 2.58 bits per heavy atom. The lowest BCUT2D eigenvalue weighted by Crippen LogP contribution is -2.53. The largest absolute Gasteiger partial charge is 0.473 e. The van der Waals surface area contributed by atoms with Crippen molar-refractivity contribution in [2.45, 2.75) is 70.2 Å². The maximum Gasteiger partial charge on any atom is 0.410 e.